The van der Waals surface area contributed by atoms with Gasteiger partial charge in [0.1, 0.15) is 0 Å². The monoisotopic (exact) mass is 399 g/mol. The number of amides is 2. The van der Waals surface area contributed by atoms with E-state index in [1.54, 1.807) is 24.3 Å². The summed E-state index contributed by atoms with van der Waals surface area (Å²) in [6.07, 6.45) is 0. The van der Waals surface area contributed by atoms with Crippen molar-refractivity contribution in [1.82, 2.24) is 21.0 Å². The Balaban J connectivity index is 1.44. The van der Waals surface area contributed by atoms with Crippen molar-refractivity contribution in [1.29, 1.82) is 0 Å². The highest BCUT2D eigenvalue weighted by molar-refractivity contribution is 8.01. The van der Waals surface area contributed by atoms with Gasteiger partial charge in [0.05, 0.1) is 5.75 Å². The van der Waals surface area contributed by atoms with Crippen LogP contribution in [0.15, 0.2) is 58.9 Å². The summed E-state index contributed by atoms with van der Waals surface area (Å²) in [5.41, 5.74) is 7.32. The highest BCUT2D eigenvalue weighted by Gasteiger charge is 2.10. The van der Waals surface area contributed by atoms with Crippen molar-refractivity contribution in [3.05, 3.63) is 65.7 Å². The van der Waals surface area contributed by atoms with Gasteiger partial charge in [-0.2, -0.15) is 0 Å². The Morgan fingerprint density at radius 3 is 2.63 bits per heavy atom. The average Bonchev–Trinajstić information content (AvgIpc) is 3.12. The molecule has 138 valence electrons. The van der Waals surface area contributed by atoms with Gasteiger partial charge in [0.2, 0.25) is 11.0 Å². The molecule has 0 fully saturated rings. The smallest absolute Gasteiger partial charge is 0.269 e. The summed E-state index contributed by atoms with van der Waals surface area (Å²) in [4.78, 5) is 23.7. The number of nitrogens with zero attached hydrogens (tertiary/aromatic N) is 2. The fraction of sp³-hybridized carbons (Fsp3) is 0.111. The minimum atomic E-state index is -0.366. The third-order valence-corrected chi connectivity index (χ3v) is 5.33. The van der Waals surface area contributed by atoms with E-state index in [1.807, 2.05) is 37.3 Å². The number of hydrogen-bond acceptors (Lipinski definition) is 7. The summed E-state index contributed by atoms with van der Waals surface area (Å²) >= 11 is 2.61. The molecular weight excluding hydrogens is 382 g/mol. The number of carbonyl (C=O) groups excluding carboxylic acids is 2. The lowest BCUT2D eigenvalue weighted by atomic mass is 10.2. The van der Waals surface area contributed by atoms with Crippen LogP contribution in [0.4, 0.5) is 10.8 Å². The summed E-state index contributed by atoms with van der Waals surface area (Å²) in [6, 6.07) is 16.6. The first-order valence-electron chi connectivity index (χ1n) is 8.04. The van der Waals surface area contributed by atoms with Crippen molar-refractivity contribution < 1.29 is 9.59 Å². The molecule has 3 N–H and O–H groups in total. The summed E-state index contributed by atoms with van der Waals surface area (Å²) < 4.78 is 0.662. The van der Waals surface area contributed by atoms with Crippen LogP contribution in [-0.4, -0.2) is 27.8 Å². The third kappa shape index (κ3) is 5.80. The van der Waals surface area contributed by atoms with Crippen molar-refractivity contribution in [2.24, 2.45) is 0 Å². The topological polar surface area (TPSA) is 96.0 Å². The Labute approximate surface area is 164 Å². The molecule has 0 radical (unpaired) electrons. The van der Waals surface area contributed by atoms with E-state index >= 15 is 0 Å². The minimum absolute atomic E-state index is 0.119. The fourth-order valence-electron chi connectivity index (χ4n) is 2.12. The maximum atomic E-state index is 11.9. The van der Waals surface area contributed by atoms with E-state index < -0.39 is 0 Å². The third-order valence-electron chi connectivity index (χ3n) is 3.35. The summed E-state index contributed by atoms with van der Waals surface area (Å²) in [6.45, 7) is 2.02. The van der Waals surface area contributed by atoms with E-state index in [4.69, 9.17) is 0 Å². The lowest BCUT2D eigenvalue weighted by molar-refractivity contribution is -0.119. The van der Waals surface area contributed by atoms with E-state index in [0.717, 1.165) is 11.3 Å². The van der Waals surface area contributed by atoms with Crippen LogP contribution in [0.1, 0.15) is 15.9 Å². The van der Waals surface area contributed by atoms with Gasteiger partial charge in [-0.25, -0.2) is 0 Å². The van der Waals surface area contributed by atoms with Crippen molar-refractivity contribution >= 4 is 45.7 Å². The molecule has 0 spiro atoms. The number of thioether (sulfide) groups is 1. The van der Waals surface area contributed by atoms with E-state index in [2.05, 4.69) is 26.4 Å². The quantitative estimate of drug-likeness (QED) is 0.435. The highest BCUT2D eigenvalue weighted by Crippen LogP contribution is 2.27. The standard InChI is InChI=1S/C18H17N5O2S2/c1-12-6-5-9-14(10-12)19-17-22-23-18(27-17)26-11-15(24)20-21-16(25)13-7-3-2-4-8-13/h2-10H,11H2,1H3,(H,19,22)(H,20,24)(H,21,25). The molecule has 3 aromatic rings. The van der Waals surface area contributed by atoms with Gasteiger partial charge >= 0.3 is 0 Å². The summed E-state index contributed by atoms with van der Waals surface area (Å²) in [5, 5.41) is 12.0. The van der Waals surface area contributed by atoms with Crippen LogP contribution in [0.25, 0.3) is 0 Å². The highest BCUT2D eigenvalue weighted by atomic mass is 32.2. The van der Waals surface area contributed by atoms with Crippen molar-refractivity contribution in [3.63, 3.8) is 0 Å². The molecule has 0 saturated carbocycles. The average molecular weight is 400 g/mol. The second-order valence-electron chi connectivity index (χ2n) is 5.52. The normalized spacial score (nSPS) is 10.3. The second kappa shape index (κ2) is 9.15. The predicted molar refractivity (Wildman–Crippen MR) is 107 cm³/mol. The maximum Gasteiger partial charge on any atom is 0.269 e. The Morgan fingerprint density at radius 2 is 1.85 bits per heavy atom. The molecule has 9 heteroatoms. The van der Waals surface area contributed by atoms with E-state index in [-0.39, 0.29) is 17.6 Å². The van der Waals surface area contributed by atoms with Crippen molar-refractivity contribution in [3.8, 4) is 0 Å². The molecule has 0 aliphatic rings. The number of anilines is 2. The number of nitrogens with one attached hydrogen (secondary N) is 3. The zero-order chi connectivity index (χ0) is 19.1. The van der Waals surface area contributed by atoms with Gasteiger partial charge in [0, 0.05) is 11.3 Å². The lowest BCUT2D eigenvalue weighted by Gasteiger charge is -2.06. The van der Waals surface area contributed by atoms with Crippen LogP contribution in [0.3, 0.4) is 0 Å². The summed E-state index contributed by atoms with van der Waals surface area (Å²) in [7, 11) is 0. The van der Waals surface area contributed by atoms with Crippen LogP contribution >= 0.6 is 23.1 Å². The molecule has 0 aliphatic heterocycles. The Morgan fingerprint density at radius 1 is 1.04 bits per heavy atom. The number of benzene rings is 2. The van der Waals surface area contributed by atoms with E-state index in [0.29, 0.717) is 15.0 Å². The predicted octanol–water partition coefficient (Wildman–Crippen LogP) is 3.14. The molecule has 2 amide bonds. The largest absolute Gasteiger partial charge is 0.330 e. The van der Waals surface area contributed by atoms with Gasteiger partial charge in [0.25, 0.3) is 5.91 Å². The first-order valence-corrected chi connectivity index (χ1v) is 9.84. The van der Waals surface area contributed by atoms with Gasteiger partial charge in [-0.05, 0) is 36.8 Å². The molecule has 1 aromatic heterocycles. The molecule has 0 aliphatic carbocycles. The van der Waals surface area contributed by atoms with Gasteiger partial charge in [0.15, 0.2) is 4.34 Å². The molecule has 0 saturated heterocycles. The maximum absolute atomic E-state index is 11.9. The summed E-state index contributed by atoms with van der Waals surface area (Å²) in [5.74, 6) is -0.573. The molecule has 2 aromatic carbocycles. The van der Waals surface area contributed by atoms with Gasteiger partial charge in [-0.3, -0.25) is 20.4 Å². The molecule has 0 unspecified atom stereocenters. The number of hydrogen-bond donors (Lipinski definition) is 3. The Hall–Kier alpha value is -2.91. The second-order valence-corrected chi connectivity index (χ2v) is 7.72. The van der Waals surface area contributed by atoms with Gasteiger partial charge < -0.3 is 5.32 Å². The van der Waals surface area contributed by atoms with E-state index in [1.165, 1.54) is 23.1 Å². The molecular formula is C18H17N5O2S2. The van der Waals surface area contributed by atoms with E-state index in [9.17, 15) is 9.59 Å². The number of aryl methyl sites for hydroxylation is 1. The molecule has 1 heterocycles. The molecule has 7 nitrogen and oxygen atoms in total. The molecule has 27 heavy (non-hydrogen) atoms. The molecule has 3 rings (SSSR count). The number of rotatable bonds is 6. The van der Waals surface area contributed by atoms with Gasteiger partial charge in [-0.1, -0.05) is 53.4 Å². The Bertz CT molecular complexity index is 930. The molecule has 0 bridgehead atoms. The lowest BCUT2D eigenvalue weighted by Crippen LogP contribution is -2.42. The van der Waals surface area contributed by atoms with Crippen LogP contribution in [-0.2, 0) is 4.79 Å². The zero-order valence-corrected chi connectivity index (χ0v) is 16.1. The van der Waals surface area contributed by atoms with Crippen LogP contribution in [0, 0.1) is 6.92 Å². The van der Waals surface area contributed by atoms with Crippen molar-refractivity contribution in [2.75, 3.05) is 11.1 Å². The number of aromatic nitrogens is 2. The Kier molecular flexibility index (Phi) is 6.39. The van der Waals surface area contributed by atoms with Crippen LogP contribution in [0.5, 0.6) is 0 Å². The van der Waals surface area contributed by atoms with Gasteiger partial charge in [-0.15, -0.1) is 10.2 Å². The zero-order valence-electron chi connectivity index (χ0n) is 14.4. The van der Waals surface area contributed by atoms with Crippen LogP contribution in [0.2, 0.25) is 0 Å². The minimum Gasteiger partial charge on any atom is -0.330 e. The number of hydrazine groups is 1. The first kappa shape index (κ1) is 18.9. The first-order chi connectivity index (χ1) is 13.1. The SMILES string of the molecule is Cc1cccc(Nc2nnc(SCC(=O)NNC(=O)c3ccccc3)s2)c1. The number of carbonyl (C=O) groups is 2. The molecule has 0 atom stereocenters. The fourth-order valence-corrected chi connectivity index (χ4v) is 3.69. The van der Waals surface area contributed by atoms with Crippen LogP contribution < -0.4 is 16.2 Å². The van der Waals surface area contributed by atoms with Crippen molar-refractivity contribution in [2.45, 2.75) is 11.3 Å².